The van der Waals surface area contributed by atoms with Crippen molar-refractivity contribution in [2.24, 2.45) is 0 Å². The number of H-pyrrole nitrogens is 1. The molecular formula is C6H6N4OS2. The molecule has 0 fully saturated rings. The summed E-state index contributed by atoms with van der Waals surface area (Å²) in [6.07, 6.45) is 1.53. The molecule has 2 aromatic rings. The van der Waals surface area contributed by atoms with Gasteiger partial charge in [0.25, 0.3) is 0 Å². The first-order valence-corrected chi connectivity index (χ1v) is 4.76. The van der Waals surface area contributed by atoms with E-state index in [1.807, 2.05) is 0 Å². The largest absolute Gasteiger partial charge is 0.364 e. The fourth-order valence-corrected chi connectivity index (χ4v) is 1.59. The summed E-state index contributed by atoms with van der Waals surface area (Å²) < 4.78 is 5.33. The molecule has 0 spiro atoms. The van der Waals surface area contributed by atoms with Crippen molar-refractivity contribution < 1.29 is 4.52 Å². The normalized spacial score (nSPS) is 10.2. The fraction of sp³-hybridized carbons (Fsp3) is 0.167. The van der Waals surface area contributed by atoms with Crippen LogP contribution in [-0.2, 0) is 6.54 Å². The van der Waals surface area contributed by atoms with Crippen LogP contribution in [-0.4, -0.2) is 15.4 Å². The molecule has 68 valence electrons. The van der Waals surface area contributed by atoms with Crippen LogP contribution < -0.4 is 5.32 Å². The van der Waals surface area contributed by atoms with Crippen molar-refractivity contribution in [3.63, 3.8) is 0 Å². The lowest BCUT2D eigenvalue weighted by Crippen LogP contribution is -1.98. The molecule has 0 amide bonds. The van der Waals surface area contributed by atoms with E-state index >= 15 is 0 Å². The molecule has 7 heteroatoms. The predicted molar refractivity (Wildman–Crippen MR) is 51.1 cm³/mol. The van der Waals surface area contributed by atoms with Gasteiger partial charge in [0.1, 0.15) is 12.0 Å². The van der Waals surface area contributed by atoms with Gasteiger partial charge in [-0.05, 0) is 12.2 Å². The molecular weight excluding hydrogens is 208 g/mol. The van der Waals surface area contributed by atoms with Gasteiger partial charge in [-0.25, -0.2) is 0 Å². The molecule has 5 nitrogen and oxygen atoms in total. The number of hydrogen-bond acceptors (Lipinski definition) is 6. The fourth-order valence-electron chi connectivity index (χ4n) is 0.800. The molecule has 2 heterocycles. The van der Waals surface area contributed by atoms with Gasteiger partial charge in [-0.1, -0.05) is 16.5 Å². The van der Waals surface area contributed by atoms with E-state index in [4.69, 9.17) is 12.2 Å². The van der Waals surface area contributed by atoms with Crippen LogP contribution in [0.1, 0.15) is 5.69 Å². The topological polar surface area (TPSA) is 66.7 Å². The summed E-state index contributed by atoms with van der Waals surface area (Å²) >= 11 is 6.26. The van der Waals surface area contributed by atoms with Crippen molar-refractivity contribution in [2.75, 3.05) is 5.32 Å². The third-order valence-corrected chi connectivity index (χ3v) is 2.40. The summed E-state index contributed by atoms with van der Waals surface area (Å²) in [6, 6.07) is 1.79. The Kier molecular flexibility index (Phi) is 2.37. The van der Waals surface area contributed by atoms with E-state index in [0.29, 0.717) is 10.5 Å². The quantitative estimate of drug-likeness (QED) is 0.763. The van der Waals surface area contributed by atoms with Gasteiger partial charge in [-0.15, -0.1) is 5.10 Å². The van der Waals surface area contributed by atoms with Gasteiger partial charge in [0.2, 0.25) is 5.13 Å². The Bertz CT molecular complexity index is 418. The van der Waals surface area contributed by atoms with Gasteiger partial charge in [-0.2, -0.15) is 0 Å². The van der Waals surface area contributed by atoms with Crippen molar-refractivity contribution in [2.45, 2.75) is 6.54 Å². The van der Waals surface area contributed by atoms with Crippen molar-refractivity contribution >= 4 is 28.7 Å². The van der Waals surface area contributed by atoms with Gasteiger partial charge >= 0.3 is 0 Å². The molecule has 0 aliphatic carbocycles. The molecule has 13 heavy (non-hydrogen) atoms. The number of hydrogen-bond donors (Lipinski definition) is 2. The number of nitrogens with one attached hydrogen (secondary N) is 2. The monoisotopic (exact) mass is 214 g/mol. The van der Waals surface area contributed by atoms with Gasteiger partial charge < -0.3 is 9.84 Å². The van der Waals surface area contributed by atoms with E-state index in [2.05, 4.69) is 25.2 Å². The van der Waals surface area contributed by atoms with Crippen LogP contribution >= 0.6 is 23.6 Å². The van der Waals surface area contributed by atoms with E-state index in [1.165, 1.54) is 17.6 Å². The summed E-state index contributed by atoms with van der Waals surface area (Å²) in [7, 11) is 0. The van der Waals surface area contributed by atoms with Gasteiger partial charge in [0.05, 0.1) is 6.54 Å². The zero-order valence-electron chi connectivity index (χ0n) is 6.48. The molecule has 0 aromatic carbocycles. The van der Waals surface area contributed by atoms with E-state index in [1.54, 1.807) is 6.07 Å². The molecule has 2 aromatic heterocycles. The second-order valence-corrected chi connectivity index (χ2v) is 3.93. The Balaban J connectivity index is 1.97. The van der Waals surface area contributed by atoms with E-state index in [-0.39, 0.29) is 0 Å². The first kappa shape index (κ1) is 8.39. The van der Waals surface area contributed by atoms with Gasteiger partial charge in [0.15, 0.2) is 3.95 Å². The van der Waals surface area contributed by atoms with Crippen LogP contribution in [0.4, 0.5) is 5.13 Å². The number of aromatic amines is 1. The highest BCUT2D eigenvalue weighted by Crippen LogP contribution is 2.11. The highest BCUT2D eigenvalue weighted by Gasteiger charge is 1.98. The number of aromatic nitrogens is 3. The summed E-state index contributed by atoms with van der Waals surface area (Å²) in [5.74, 6) is 0. The minimum absolute atomic E-state index is 0.590. The Hall–Kier alpha value is -1.21. The van der Waals surface area contributed by atoms with Crippen LogP contribution in [0.25, 0.3) is 0 Å². The minimum Gasteiger partial charge on any atom is -0.364 e. The lowest BCUT2D eigenvalue weighted by atomic mass is 10.4. The van der Waals surface area contributed by atoms with E-state index < -0.39 is 0 Å². The van der Waals surface area contributed by atoms with Crippen LogP contribution in [0.2, 0.25) is 0 Å². The average Bonchev–Trinajstić information content (AvgIpc) is 2.71. The standard InChI is InChI=1S/C6H6N4OS2/c12-6-9-8-5(13-6)7-3-4-1-2-11-10-4/h1-2H,3H2,(H,7,8)(H,9,12). The van der Waals surface area contributed by atoms with E-state index in [0.717, 1.165) is 10.8 Å². The summed E-state index contributed by atoms with van der Waals surface area (Å²) in [4.78, 5) is 0. The molecule has 2 N–H and O–H groups in total. The molecule has 0 bridgehead atoms. The molecule has 0 atom stereocenters. The lowest BCUT2D eigenvalue weighted by molar-refractivity contribution is 0.412. The van der Waals surface area contributed by atoms with Crippen molar-refractivity contribution in [3.8, 4) is 0 Å². The first-order chi connectivity index (χ1) is 6.34. The lowest BCUT2D eigenvalue weighted by Gasteiger charge is -1.95. The Morgan fingerprint density at radius 2 is 2.62 bits per heavy atom. The molecule has 0 saturated carbocycles. The van der Waals surface area contributed by atoms with Gasteiger partial charge in [0, 0.05) is 6.07 Å². The minimum atomic E-state index is 0.590. The average molecular weight is 214 g/mol. The molecule has 2 rings (SSSR count). The third-order valence-electron chi connectivity index (χ3n) is 1.35. The van der Waals surface area contributed by atoms with Crippen molar-refractivity contribution in [3.05, 3.63) is 22.0 Å². The van der Waals surface area contributed by atoms with E-state index in [9.17, 15) is 0 Å². The van der Waals surface area contributed by atoms with Crippen LogP contribution in [0, 0.1) is 3.95 Å². The third kappa shape index (κ3) is 2.13. The SMILES string of the molecule is S=c1[nH]nc(NCc2ccon2)s1. The molecule has 0 radical (unpaired) electrons. The summed E-state index contributed by atoms with van der Waals surface area (Å²) in [5, 5.41) is 14.2. The zero-order chi connectivity index (χ0) is 9.10. The molecule has 0 aliphatic heterocycles. The second kappa shape index (κ2) is 3.67. The maximum atomic E-state index is 4.87. The number of anilines is 1. The van der Waals surface area contributed by atoms with Crippen LogP contribution in [0.5, 0.6) is 0 Å². The number of nitrogens with zero attached hydrogens (tertiary/aromatic N) is 2. The zero-order valence-corrected chi connectivity index (χ0v) is 8.11. The second-order valence-electron chi connectivity index (χ2n) is 2.26. The Labute approximate surface area is 82.8 Å². The summed E-state index contributed by atoms with van der Waals surface area (Å²) in [5.41, 5.74) is 0.834. The highest BCUT2D eigenvalue weighted by atomic mass is 32.1. The molecule has 0 aliphatic rings. The first-order valence-electron chi connectivity index (χ1n) is 3.53. The Morgan fingerprint density at radius 1 is 1.69 bits per heavy atom. The molecule has 0 unspecified atom stereocenters. The van der Waals surface area contributed by atoms with Gasteiger partial charge in [-0.3, -0.25) is 5.10 Å². The highest BCUT2D eigenvalue weighted by molar-refractivity contribution is 7.73. The maximum Gasteiger partial charge on any atom is 0.204 e. The van der Waals surface area contributed by atoms with Crippen LogP contribution in [0.3, 0.4) is 0 Å². The van der Waals surface area contributed by atoms with Crippen LogP contribution in [0.15, 0.2) is 16.9 Å². The van der Waals surface area contributed by atoms with Crippen molar-refractivity contribution in [1.29, 1.82) is 0 Å². The van der Waals surface area contributed by atoms with Crippen molar-refractivity contribution in [1.82, 2.24) is 15.4 Å². The smallest absolute Gasteiger partial charge is 0.204 e. The summed E-state index contributed by atoms with van der Waals surface area (Å²) in [6.45, 7) is 0.590. The Morgan fingerprint density at radius 3 is 3.23 bits per heavy atom. The molecule has 0 saturated heterocycles. The predicted octanol–water partition coefficient (Wildman–Crippen LogP) is 1.80. The maximum absolute atomic E-state index is 4.87. The number of rotatable bonds is 3.